The molecule has 0 aromatic heterocycles. The van der Waals surface area contributed by atoms with Crippen LogP contribution in [0.3, 0.4) is 0 Å². The molecule has 0 aliphatic heterocycles. The fraction of sp³-hybridized carbons (Fsp3) is 0.381. The molecular formula is C21H29FN2. The van der Waals surface area contributed by atoms with E-state index in [1.54, 1.807) is 6.92 Å². The van der Waals surface area contributed by atoms with Crippen LogP contribution in [-0.4, -0.2) is 6.21 Å². The molecule has 130 valence electrons. The van der Waals surface area contributed by atoms with Crippen LogP contribution >= 0.6 is 0 Å². The van der Waals surface area contributed by atoms with Gasteiger partial charge in [-0.25, -0.2) is 9.38 Å². The van der Waals surface area contributed by atoms with Gasteiger partial charge in [-0.1, -0.05) is 49.0 Å². The van der Waals surface area contributed by atoms with Gasteiger partial charge in [0.1, 0.15) is 11.6 Å². The second-order valence-electron chi connectivity index (χ2n) is 6.52. The van der Waals surface area contributed by atoms with Gasteiger partial charge in [0.15, 0.2) is 0 Å². The number of rotatable bonds is 6. The standard InChI is InChI=1S/C21H29FN2/c1-13(2)21-14(3)9-8-10-19(21)11-15(4)16(5)17(6)20(22)12-24-18(7)23/h10-12,16H,1,7-9,23H2,2-6H3/b15-11+,20-17-,24-12-. The van der Waals surface area contributed by atoms with Crippen molar-refractivity contribution >= 4 is 6.21 Å². The van der Waals surface area contributed by atoms with E-state index in [1.807, 2.05) is 20.8 Å². The molecule has 24 heavy (non-hydrogen) atoms. The summed E-state index contributed by atoms with van der Waals surface area (Å²) in [7, 11) is 0. The molecule has 0 radical (unpaired) electrons. The Morgan fingerprint density at radius 3 is 2.50 bits per heavy atom. The van der Waals surface area contributed by atoms with Crippen molar-refractivity contribution < 1.29 is 4.39 Å². The van der Waals surface area contributed by atoms with Gasteiger partial charge in [-0.05, 0) is 57.3 Å². The largest absolute Gasteiger partial charge is 0.384 e. The molecule has 1 rings (SSSR count). The molecule has 2 nitrogen and oxygen atoms in total. The summed E-state index contributed by atoms with van der Waals surface area (Å²) in [6.45, 7) is 17.5. The third-order valence-corrected chi connectivity index (χ3v) is 4.46. The minimum atomic E-state index is -0.369. The number of aliphatic imine (C=N–C) groups is 1. The van der Waals surface area contributed by atoms with Gasteiger partial charge in [0, 0.05) is 5.92 Å². The van der Waals surface area contributed by atoms with Gasteiger partial charge in [-0.2, -0.15) is 0 Å². The van der Waals surface area contributed by atoms with E-state index in [0.717, 1.165) is 30.2 Å². The number of hydrogen-bond donors (Lipinski definition) is 1. The van der Waals surface area contributed by atoms with E-state index in [2.05, 4.69) is 37.2 Å². The van der Waals surface area contributed by atoms with Crippen molar-refractivity contribution in [1.82, 2.24) is 0 Å². The molecule has 0 saturated heterocycles. The smallest absolute Gasteiger partial charge is 0.141 e. The van der Waals surface area contributed by atoms with Crippen molar-refractivity contribution in [2.45, 2.75) is 47.5 Å². The summed E-state index contributed by atoms with van der Waals surface area (Å²) in [5, 5.41) is 0. The first-order valence-electron chi connectivity index (χ1n) is 8.24. The Hall–Kier alpha value is -2.16. The maximum absolute atomic E-state index is 14.2. The number of allylic oxidation sites excluding steroid dienone is 9. The van der Waals surface area contributed by atoms with Crippen LogP contribution in [-0.2, 0) is 0 Å². The Bertz CT molecular complexity index is 685. The van der Waals surface area contributed by atoms with Crippen molar-refractivity contribution in [1.29, 1.82) is 0 Å². The normalized spacial score (nSPS) is 18.4. The first-order chi connectivity index (χ1) is 11.1. The molecule has 1 aliphatic carbocycles. The molecule has 0 amide bonds. The van der Waals surface area contributed by atoms with Gasteiger partial charge in [0.25, 0.3) is 0 Å². The van der Waals surface area contributed by atoms with E-state index in [9.17, 15) is 4.39 Å². The molecule has 0 fully saturated rings. The topological polar surface area (TPSA) is 38.4 Å². The van der Waals surface area contributed by atoms with E-state index in [1.165, 1.54) is 16.7 Å². The lowest BCUT2D eigenvalue weighted by Crippen LogP contribution is -2.04. The summed E-state index contributed by atoms with van der Waals surface area (Å²) in [5.74, 6) is -0.305. The van der Waals surface area contributed by atoms with Crippen LogP contribution in [0.4, 0.5) is 4.39 Å². The lowest BCUT2D eigenvalue weighted by atomic mass is 9.85. The van der Waals surface area contributed by atoms with Crippen molar-refractivity contribution in [3.63, 3.8) is 0 Å². The Labute approximate surface area is 145 Å². The van der Waals surface area contributed by atoms with E-state index in [4.69, 9.17) is 5.73 Å². The first kappa shape index (κ1) is 19.9. The fourth-order valence-corrected chi connectivity index (χ4v) is 2.82. The molecule has 2 N–H and O–H groups in total. The number of nitrogens with zero attached hydrogens (tertiary/aromatic N) is 1. The summed E-state index contributed by atoms with van der Waals surface area (Å²) in [6, 6.07) is 0. The molecule has 1 atom stereocenters. The molecule has 1 aliphatic rings. The molecule has 1 unspecified atom stereocenters. The third-order valence-electron chi connectivity index (χ3n) is 4.46. The average molecular weight is 328 g/mol. The number of halogens is 1. The maximum Gasteiger partial charge on any atom is 0.141 e. The maximum atomic E-state index is 14.2. The van der Waals surface area contributed by atoms with Gasteiger partial charge in [0.05, 0.1) is 6.21 Å². The first-order valence-corrected chi connectivity index (χ1v) is 8.24. The monoisotopic (exact) mass is 328 g/mol. The van der Waals surface area contributed by atoms with Crippen LogP contribution in [0, 0.1) is 5.92 Å². The summed E-state index contributed by atoms with van der Waals surface area (Å²) in [6.07, 6.45) is 7.62. The highest BCUT2D eigenvalue weighted by molar-refractivity contribution is 5.77. The van der Waals surface area contributed by atoms with Gasteiger partial charge in [-0.15, -0.1) is 0 Å². The minimum absolute atomic E-state index is 0.0306. The molecule has 0 aromatic carbocycles. The molecule has 0 spiro atoms. The molecule has 0 heterocycles. The zero-order valence-corrected chi connectivity index (χ0v) is 15.5. The van der Waals surface area contributed by atoms with Crippen LogP contribution in [0.25, 0.3) is 0 Å². The highest BCUT2D eigenvalue weighted by atomic mass is 19.1. The lowest BCUT2D eigenvalue weighted by Gasteiger charge is -2.21. The average Bonchev–Trinajstić information content (AvgIpc) is 2.50. The van der Waals surface area contributed by atoms with Gasteiger partial charge < -0.3 is 5.73 Å². The highest BCUT2D eigenvalue weighted by Gasteiger charge is 2.16. The van der Waals surface area contributed by atoms with E-state index < -0.39 is 0 Å². The second kappa shape index (κ2) is 8.62. The lowest BCUT2D eigenvalue weighted by molar-refractivity contribution is 0.643. The summed E-state index contributed by atoms with van der Waals surface area (Å²) in [4.78, 5) is 3.72. The summed E-state index contributed by atoms with van der Waals surface area (Å²) < 4.78 is 14.2. The van der Waals surface area contributed by atoms with Crippen LogP contribution in [0.15, 0.2) is 75.4 Å². The predicted molar refractivity (Wildman–Crippen MR) is 103 cm³/mol. The zero-order valence-electron chi connectivity index (χ0n) is 15.5. The number of hydrogen-bond acceptors (Lipinski definition) is 2. The molecule has 0 bridgehead atoms. The quantitative estimate of drug-likeness (QED) is 0.603. The Morgan fingerprint density at radius 2 is 1.96 bits per heavy atom. The van der Waals surface area contributed by atoms with Gasteiger partial charge >= 0.3 is 0 Å². The predicted octanol–water partition coefficient (Wildman–Crippen LogP) is 5.93. The molecule has 3 heteroatoms. The van der Waals surface area contributed by atoms with Crippen molar-refractivity contribution in [2.75, 3.05) is 0 Å². The molecule has 0 saturated carbocycles. The Kier molecular flexibility index (Phi) is 7.15. The minimum Gasteiger partial charge on any atom is -0.384 e. The van der Waals surface area contributed by atoms with Crippen LogP contribution < -0.4 is 5.73 Å². The van der Waals surface area contributed by atoms with Crippen molar-refractivity contribution in [2.24, 2.45) is 16.6 Å². The highest BCUT2D eigenvalue weighted by Crippen LogP contribution is 2.33. The van der Waals surface area contributed by atoms with E-state index in [0.29, 0.717) is 5.57 Å². The van der Waals surface area contributed by atoms with Gasteiger partial charge in [0.2, 0.25) is 0 Å². The van der Waals surface area contributed by atoms with Gasteiger partial charge in [-0.3, -0.25) is 0 Å². The Morgan fingerprint density at radius 1 is 1.33 bits per heavy atom. The molecular weight excluding hydrogens is 299 g/mol. The van der Waals surface area contributed by atoms with Crippen LogP contribution in [0.1, 0.15) is 47.5 Å². The van der Waals surface area contributed by atoms with Crippen LogP contribution in [0.2, 0.25) is 0 Å². The van der Waals surface area contributed by atoms with E-state index >= 15 is 0 Å². The summed E-state index contributed by atoms with van der Waals surface area (Å²) in [5.41, 5.74) is 11.9. The summed E-state index contributed by atoms with van der Waals surface area (Å²) >= 11 is 0. The SMILES string of the molecule is C=C(N)/N=C\C(F)=C(/C)C(C)/C(C)=C/C1=CCCC(C)=C1C(=C)C. The third kappa shape index (κ3) is 5.19. The van der Waals surface area contributed by atoms with E-state index in [-0.39, 0.29) is 17.6 Å². The van der Waals surface area contributed by atoms with Crippen molar-refractivity contribution in [3.05, 3.63) is 70.4 Å². The Balaban J connectivity index is 3.12. The zero-order chi connectivity index (χ0) is 18.4. The van der Waals surface area contributed by atoms with Crippen LogP contribution in [0.5, 0.6) is 0 Å². The molecule has 0 aromatic rings. The number of nitrogens with two attached hydrogens (primary N) is 1. The second-order valence-corrected chi connectivity index (χ2v) is 6.52. The van der Waals surface area contributed by atoms with Crippen molar-refractivity contribution in [3.8, 4) is 0 Å². The fourth-order valence-electron chi connectivity index (χ4n) is 2.82.